The lowest BCUT2D eigenvalue weighted by Gasteiger charge is -2.11. The fourth-order valence-corrected chi connectivity index (χ4v) is 4.25. The van der Waals surface area contributed by atoms with Crippen molar-refractivity contribution in [2.24, 2.45) is 0 Å². The molecule has 2 heterocycles. The molecular weight excluding hydrogens is 342 g/mol. The number of aromatic nitrogens is 1. The molecule has 2 aromatic rings. The molecule has 0 spiro atoms. The standard InChI is InChI=1S/C14H12BrNO3S/c15-11-5-8(13-6-12(14(17)18)16-19-13)1-2-10(11)9-3-4-20-7-9/h1-2,5-6,9H,3-4,7H2,(H,17,18). The Balaban J connectivity index is 1.90. The summed E-state index contributed by atoms with van der Waals surface area (Å²) < 4.78 is 6.11. The van der Waals surface area contributed by atoms with E-state index in [1.807, 2.05) is 23.9 Å². The molecule has 1 aromatic heterocycles. The quantitative estimate of drug-likeness (QED) is 0.902. The highest BCUT2D eigenvalue weighted by Crippen LogP contribution is 2.37. The van der Waals surface area contributed by atoms with Crippen LogP contribution in [0.5, 0.6) is 0 Å². The minimum Gasteiger partial charge on any atom is -0.476 e. The van der Waals surface area contributed by atoms with Gasteiger partial charge in [-0.2, -0.15) is 11.8 Å². The van der Waals surface area contributed by atoms with Gasteiger partial charge in [0.2, 0.25) is 0 Å². The Morgan fingerprint density at radius 1 is 1.45 bits per heavy atom. The van der Waals surface area contributed by atoms with E-state index in [9.17, 15) is 4.79 Å². The van der Waals surface area contributed by atoms with Crippen LogP contribution < -0.4 is 0 Å². The third kappa shape index (κ3) is 2.62. The number of hydrogen-bond acceptors (Lipinski definition) is 4. The normalized spacial score (nSPS) is 18.4. The molecule has 1 atom stereocenters. The van der Waals surface area contributed by atoms with Crippen molar-refractivity contribution in [1.82, 2.24) is 5.16 Å². The van der Waals surface area contributed by atoms with Crippen molar-refractivity contribution in [2.75, 3.05) is 11.5 Å². The monoisotopic (exact) mass is 353 g/mol. The Morgan fingerprint density at radius 2 is 2.30 bits per heavy atom. The number of benzene rings is 1. The zero-order valence-electron chi connectivity index (χ0n) is 10.5. The summed E-state index contributed by atoms with van der Waals surface area (Å²) in [5.74, 6) is 2.34. The third-order valence-corrected chi connectivity index (χ3v) is 5.23. The second-order valence-electron chi connectivity index (χ2n) is 4.68. The zero-order chi connectivity index (χ0) is 14.1. The average Bonchev–Trinajstić information content (AvgIpc) is 3.10. The fourth-order valence-electron chi connectivity index (χ4n) is 2.30. The SMILES string of the molecule is O=C(O)c1cc(-c2ccc(C3CCSC3)c(Br)c2)on1. The van der Waals surface area contributed by atoms with Crippen molar-refractivity contribution in [3.05, 3.63) is 40.0 Å². The number of carboxylic acids is 1. The molecule has 104 valence electrons. The van der Waals surface area contributed by atoms with Crippen LogP contribution in [0.15, 0.2) is 33.3 Å². The number of aromatic carboxylic acids is 1. The largest absolute Gasteiger partial charge is 0.476 e. The van der Waals surface area contributed by atoms with Crippen molar-refractivity contribution in [3.63, 3.8) is 0 Å². The molecule has 1 aliphatic rings. The molecule has 0 amide bonds. The van der Waals surface area contributed by atoms with Gasteiger partial charge in [-0.05, 0) is 29.7 Å². The number of thioether (sulfide) groups is 1. The van der Waals surface area contributed by atoms with Crippen molar-refractivity contribution in [1.29, 1.82) is 0 Å². The first kappa shape index (κ1) is 13.7. The highest BCUT2D eigenvalue weighted by atomic mass is 79.9. The van der Waals surface area contributed by atoms with Crippen LogP contribution in [0.4, 0.5) is 0 Å². The minimum atomic E-state index is -1.08. The number of nitrogens with zero attached hydrogens (tertiary/aromatic N) is 1. The van der Waals surface area contributed by atoms with E-state index in [2.05, 4.69) is 27.2 Å². The molecule has 3 rings (SSSR count). The Kier molecular flexibility index (Phi) is 3.85. The molecule has 1 unspecified atom stereocenters. The summed E-state index contributed by atoms with van der Waals surface area (Å²) in [7, 11) is 0. The molecule has 4 nitrogen and oxygen atoms in total. The Labute approximate surface area is 128 Å². The van der Waals surface area contributed by atoms with Crippen LogP contribution in [0.3, 0.4) is 0 Å². The van der Waals surface area contributed by atoms with Gasteiger partial charge in [-0.15, -0.1) is 0 Å². The third-order valence-electron chi connectivity index (χ3n) is 3.38. The summed E-state index contributed by atoms with van der Waals surface area (Å²) >= 11 is 5.58. The maximum absolute atomic E-state index is 10.8. The Hall–Kier alpha value is -1.27. The van der Waals surface area contributed by atoms with Gasteiger partial charge >= 0.3 is 5.97 Å². The zero-order valence-corrected chi connectivity index (χ0v) is 12.9. The molecular formula is C14H12BrNO3S. The first-order valence-corrected chi connectivity index (χ1v) is 8.17. The molecule has 20 heavy (non-hydrogen) atoms. The molecule has 1 saturated heterocycles. The van der Waals surface area contributed by atoms with E-state index >= 15 is 0 Å². The minimum absolute atomic E-state index is 0.0765. The molecule has 1 aromatic carbocycles. The van der Waals surface area contributed by atoms with Gasteiger partial charge in [0.1, 0.15) is 0 Å². The van der Waals surface area contributed by atoms with Gasteiger partial charge < -0.3 is 9.63 Å². The molecule has 0 saturated carbocycles. The molecule has 1 aliphatic heterocycles. The summed E-state index contributed by atoms with van der Waals surface area (Å²) in [6, 6.07) is 7.44. The predicted octanol–water partition coefficient (Wildman–Crippen LogP) is 4.02. The predicted molar refractivity (Wildman–Crippen MR) is 81.3 cm³/mol. The summed E-state index contributed by atoms with van der Waals surface area (Å²) in [6.07, 6.45) is 1.20. The topological polar surface area (TPSA) is 63.3 Å². The summed E-state index contributed by atoms with van der Waals surface area (Å²) in [6.45, 7) is 0. The highest BCUT2D eigenvalue weighted by Gasteiger charge is 2.20. The van der Waals surface area contributed by atoms with Crippen LogP contribution >= 0.6 is 27.7 Å². The lowest BCUT2D eigenvalue weighted by molar-refractivity contribution is 0.0686. The van der Waals surface area contributed by atoms with Gasteiger partial charge in [0, 0.05) is 21.9 Å². The molecule has 0 bridgehead atoms. The van der Waals surface area contributed by atoms with Crippen LogP contribution in [-0.4, -0.2) is 27.7 Å². The van der Waals surface area contributed by atoms with E-state index in [-0.39, 0.29) is 5.69 Å². The van der Waals surface area contributed by atoms with Crippen molar-refractivity contribution < 1.29 is 14.4 Å². The first-order chi connectivity index (χ1) is 9.65. The van der Waals surface area contributed by atoms with Gasteiger partial charge in [0.25, 0.3) is 0 Å². The molecule has 1 N–H and O–H groups in total. The summed E-state index contributed by atoms with van der Waals surface area (Å²) in [5.41, 5.74) is 2.05. The van der Waals surface area contributed by atoms with Crippen molar-refractivity contribution in [3.8, 4) is 11.3 Å². The van der Waals surface area contributed by atoms with Gasteiger partial charge in [0.15, 0.2) is 11.5 Å². The van der Waals surface area contributed by atoms with E-state index in [0.29, 0.717) is 11.7 Å². The van der Waals surface area contributed by atoms with E-state index in [1.54, 1.807) is 0 Å². The number of carboxylic acid groups (broad SMARTS) is 1. The number of rotatable bonds is 3. The highest BCUT2D eigenvalue weighted by molar-refractivity contribution is 9.10. The van der Waals surface area contributed by atoms with Gasteiger partial charge in [-0.25, -0.2) is 4.79 Å². The van der Waals surface area contributed by atoms with Crippen LogP contribution in [0.1, 0.15) is 28.4 Å². The number of halogens is 1. The summed E-state index contributed by atoms with van der Waals surface area (Å²) in [5, 5.41) is 12.4. The van der Waals surface area contributed by atoms with Gasteiger partial charge in [-0.1, -0.05) is 33.2 Å². The van der Waals surface area contributed by atoms with Crippen molar-refractivity contribution >= 4 is 33.7 Å². The molecule has 1 fully saturated rings. The van der Waals surface area contributed by atoms with Crippen LogP contribution in [0.2, 0.25) is 0 Å². The van der Waals surface area contributed by atoms with E-state index in [1.165, 1.54) is 23.8 Å². The Bertz CT molecular complexity index is 650. The lowest BCUT2D eigenvalue weighted by Crippen LogP contribution is -1.97. The maximum atomic E-state index is 10.8. The van der Waals surface area contributed by atoms with E-state index in [0.717, 1.165) is 15.8 Å². The van der Waals surface area contributed by atoms with Crippen LogP contribution in [0.25, 0.3) is 11.3 Å². The van der Waals surface area contributed by atoms with Crippen LogP contribution in [-0.2, 0) is 0 Å². The first-order valence-electron chi connectivity index (χ1n) is 6.22. The Morgan fingerprint density at radius 3 is 2.90 bits per heavy atom. The molecule has 0 radical (unpaired) electrons. The van der Waals surface area contributed by atoms with E-state index in [4.69, 9.17) is 9.63 Å². The summed E-state index contributed by atoms with van der Waals surface area (Å²) in [4.78, 5) is 10.8. The fraction of sp³-hybridized carbons (Fsp3) is 0.286. The molecule has 0 aliphatic carbocycles. The lowest BCUT2D eigenvalue weighted by atomic mass is 9.97. The van der Waals surface area contributed by atoms with Gasteiger partial charge in [-0.3, -0.25) is 0 Å². The smallest absolute Gasteiger partial charge is 0.358 e. The van der Waals surface area contributed by atoms with Crippen LogP contribution in [0, 0.1) is 0 Å². The number of carbonyl (C=O) groups is 1. The second kappa shape index (κ2) is 5.61. The second-order valence-corrected chi connectivity index (χ2v) is 6.68. The van der Waals surface area contributed by atoms with Crippen molar-refractivity contribution in [2.45, 2.75) is 12.3 Å². The molecule has 6 heteroatoms. The average molecular weight is 354 g/mol. The van der Waals surface area contributed by atoms with Gasteiger partial charge in [0.05, 0.1) is 0 Å². The maximum Gasteiger partial charge on any atom is 0.358 e. The van der Waals surface area contributed by atoms with E-state index < -0.39 is 5.97 Å². The number of hydrogen-bond donors (Lipinski definition) is 1.